The molecule has 1 aliphatic heterocycles. The van der Waals surface area contributed by atoms with E-state index in [1.807, 2.05) is 24.3 Å². The van der Waals surface area contributed by atoms with Gasteiger partial charge >= 0.3 is 0 Å². The number of carbonyl (C=O) groups is 1. The molecule has 3 N–H and O–H groups in total. The molecule has 1 heterocycles. The van der Waals surface area contributed by atoms with Crippen LogP contribution in [0.5, 0.6) is 5.75 Å². The van der Waals surface area contributed by atoms with Crippen LogP contribution in [0.25, 0.3) is 0 Å². The maximum Gasteiger partial charge on any atom is 0.237 e. The van der Waals surface area contributed by atoms with Gasteiger partial charge in [0.1, 0.15) is 12.4 Å². The molecule has 1 aromatic rings. The molecular formula is C15H21BrN2O3. The van der Waals surface area contributed by atoms with Crippen molar-refractivity contribution in [1.29, 1.82) is 0 Å². The molecule has 1 atom stereocenters. The van der Waals surface area contributed by atoms with Crippen LogP contribution < -0.4 is 15.8 Å². The Morgan fingerprint density at radius 2 is 2.24 bits per heavy atom. The summed E-state index contributed by atoms with van der Waals surface area (Å²) in [6.07, 6.45) is 1.70. The number of ether oxygens (including phenoxy) is 2. The smallest absolute Gasteiger partial charge is 0.237 e. The molecule has 1 aliphatic rings. The van der Waals surface area contributed by atoms with Crippen molar-refractivity contribution in [2.75, 3.05) is 26.4 Å². The van der Waals surface area contributed by atoms with Gasteiger partial charge in [-0.15, -0.1) is 0 Å². The summed E-state index contributed by atoms with van der Waals surface area (Å²) in [7, 11) is 0. The van der Waals surface area contributed by atoms with Crippen LogP contribution in [0, 0.1) is 5.92 Å². The van der Waals surface area contributed by atoms with Gasteiger partial charge in [0.2, 0.25) is 5.91 Å². The maximum atomic E-state index is 12.0. The van der Waals surface area contributed by atoms with Crippen LogP contribution in [0.4, 0.5) is 0 Å². The van der Waals surface area contributed by atoms with Crippen molar-refractivity contribution in [2.45, 2.75) is 18.9 Å². The average molecular weight is 357 g/mol. The van der Waals surface area contributed by atoms with E-state index in [-0.39, 0.29) is 11.8 Å². The van der Waals surface area contributed by atoms with Gasteiger partial charge in [-0.1, -0.05) is 22.0 Å². The van der Waals surface area contributed by atoms with Crippen molar-refractivity contribution in [3.63, 3.8) is 0 Å². The fourth-order valence-electron chi connectivity index (χ4n) is 2.31. The molecule has 2 rings (SSSR count). The third kappa shape index (κ3) is 5.30. The van der Waals surface area contributed by atoms with Crippen LogP contribution in [-0.4, -0.2) is 38.3 Å². The topological polar surface area (TPSA) is 73.6 Å². The van der Waals surface area contributed by atoms with Crippen molar-refractivity contribution >= 4 is 21.8 Å². The SMILES string of the molecule is NC(C(=O)NCCOc1cccc(Br)c1)C1CCOCC1. The minimum atomic E-state index is -0.459. The molecule has 0 aliphatic carbocycles. The molecule has 116 valence electrons. The quantitative estimate of drug-likeness (QED) is 0.760. The number of rotatable bonds is 6. The lowest BCUT2D eigenvalue weighted by Crippen LogP contribution is -2.47. The molecular weight excluding hydrogens is 336 g/mol. The van der Waals surface area contributed by atoms with Gasteiger partial charge in [0, 0.05) is 17.7 Å². The molecule has 1 unspecified atom stereocenters. The van der Waals surface area contributed by atoms with Crippen LogP contribution in [-0.2, 0) is 9.53 Å². The minimum absolute atomic E-state index is 0.111. The van der Waals surface area contributed by atoms with E-state index in [4.69, 9.17) is 15.2 Å². The van der Waals surface area contributed by atoms with Crippen molar-refractivity contribution in [3.05, 3.63) is 28.7 Å². The lowest BCUT2D eigenvalue weighted by Gasteiger charge is -2.26. The van der Waals surface area contributed by atoms with Crippen LogP contribution in [0.3, 0.4) is 0 Å². The minimum Gasteiger partial charge on any atom is -0.492 e. The monoisotopic (exact) mass is 356 g/mol. The van der Waals surface area contributed by atoms with Crippen LogP contribution in [0.2, 0.25) is 0 Å². The second-order valence-electron chi connectivity index (χ2n) is 5.07. The predicted octanol–water partition coefficient (Wildman–Crippen LogP) is 1.70. The van der Waals surface area contributed by atoms with Gasteiger partial charge in [0.15, 0.2) is 0 Å². The first kappa shape index (κ1) is 16.3. The lowest BCUT2D eigenvalue weighted by atomic mass is 9.92. The van der Waals surface area contributed by atoms with Gasteiger partial charge in [-0.25, -0.2) is 0 Å². The highest BCUT2D eigenvalue weighted by Crippen LogP contribution is 2.18. The Morgan fingerprint density at radius 3 is 2.95 bits per heavy atom. The van der Waals surface area contributed by atoms with E-state index in [0.717, 1.165) is 23.1 Å². The summed E-state index contributed by atoms with van der Waals surface area (Å²) in [5.41, 5.74) is 5.99. The third-order valence-electron chi connectivity index (χ3n) is 3.54. The van der Waals surface area contributed by atoms with Gasteiger partial charge in [-0.3, -0.25) is 4.79 Å². The predicted molar refractivity (Wildman–Crippen MR) is 84.2 cm³/mol. The highest BCUT2D eigenvalue weighted by atomic mass is 79.9. The molecule has 0 radical (unpaired) electrons. The van der Waals surface area contributed by atoms with E-state index >= 15 is 0 Å². The van der Waals surface area contributed by atoms with E-state index in [9.17, 15) is 4.79 Å². The number of amides is 1. The first-order chi connectivity index (χ1) is 10.2. The zero-order valence-corrected chi connectivity index (χ0v) is 13.5. The van der Waals surface area contributed by atoms with Gasteiger partial charge in [0.25, 0.3) is 0 Å². The van der Waals surface area contributed by atoms with E-state index in [1.54, 1.807) is 0 Å². The molecule has 5 nitrogen and oxygen atoms in total. The Balaban J connectivity index is 1.66. The molecule has 0 bridgehead atoms. The number of hydrogen-bond acceptors (Lipinski definition) is 4. The van der Waals surface area contributed by atoms with Gasteiger partial charge in [-0.2, -0.15) is 0 Å². The zero-order chi connectivity index (χ0) is 15.1. The molecule has 0 spiro atoms. The van der Waals surface area contributed by atoms with Crippen LogP contribution >= 0.6 is 15.9 Å². The fraction of sp³-hybridized carbons (Fsp3) is 0.533. The summed E-state index contributed by atoms with van der Waals surface area (Å²) in [6.45, 7) is 2.25. The standard InChI is InChI=1S/C15H21BrN2O3/c16-12-2-1-3-13(10-12)21-9-6-18-15(19)14(17)11-4-7-20-8-5-11/h1-3,10-11,14H,4-9,17H2,(H,18,19). The second kappa shape index (κ2) is 8.36. The largest absolute Gasteiger partial charge is 0.492 e. The van der Waals surface area contributed by atoms with Gasteiger partial charge in [-0.05, 0) is 37.0 Å². The first-order valence-electron chi connectivity index (χ1n) is 7.16. The van der Waals surface area contributed by atoms with Crippen molar-refractivity contribution in [3.8, 4) is 5.75 Å². The van der Waals surface area contributed by atoms with Crippen LogP contribution in [0.15, 0.2) is 28.7 Å². The summed E-state index contributed by atoms with van der Waals surface area (Å²) in [6, 6.07) is 7.14. The number of halogens is 1. The summed E-state index contributed by atoms with van der Waals surface area (Å²) in [5, 5.41) is 2.82. The summed E-state index contributed by atoms with van der Waals surface area (Å²) in [5.74, 6) is 0.872. The summed E-state index contributed by atoms with van der Waals surface area (Å²) < 4.78 is 11.8. The summed E-state index contributed by atoms with van der Waals surface area (Å²) in [4.78, 5) is 12.0. The average Bonchev–Trinajstić information content (AvgIpc) is 2.51. The number of carbonyl (C=O) groups excluding carboxylic acids is 1. The Morgan fingerprint density at radius 1 is 1.48 bits per heavy atom. The summed E-state index contributed by atoms with van der Waals surface area (Å²) >= 11 is 3.38. The Kier molecular flexibility index (Phi) is 6.48. The number of nitrogens with two attached hydrogens (primary N) is 1. The van der Waals surface area contributed by atoms with E-state index < -0.39 is 6.04 Å². The molecule has 1 aromatic carbocycles. The fourth-order valence-corrected chi connectivity index (χ4v) is 2.68. The van der Waals surface area contributed by atoms with Crippen molar-refractivity contribution in [2.24, 2.45) is 11.7 Å². The Hall–Kier alpha value is -1.11. The Labute approximate surface area is 133 Å². The van der Waals surface area contributed by atoms with Crippen molar-refractivity contribution < 1.29 is 14.3 Å². The molecule has 0 aromatic heterocycles. The molecule has 1 saturated heterocycles. The number of benzene rings is 1. The van der Waals surface area contributed by atoms with E-state index in [0.29, 0.717) is 26.4 Å². The number of hydrogen-bond donors (Lipinski definition) is 2. The number of nitrogens with one attached hydrogen (secondary N) is 1. The van der Waals surface area contributed by atoms with Gasteiger partial charge < -0.3 is 20.5 Å². The van der Waals surface area contributed by atoms with Gasteiger partial charge in [0.05, 0.1) is 12.6 Å². The molecule has 1 amide bonds. The maximum absolute atomic E-state index is 12.0. The molecule has 21 heavy (non-hydrogen) atoms. The highest BCUT2D eigenvalue weighted by molar-refractivity contribution is 9.10. The Bertz CT molecular complexity index is 464. The normalized spacial score (nSPS) is 17.2. The first-order valence-corrected chi connectivity index (χ1v) is 7.95. The lowest BCUT2D eigenvalue weighted by molar-refractivity contribution is -0.124. The van der Waals surface area contributed by atoms with E-state index in [2.05, 4.69) is 21.2 Å². The third-order valence-corrected chi connectivity index (χ3v) is 4.04. The zero-order valence-electron chi connectivity index (χ0n) is 11.9. The van der Waals surface area contributed by atoms with Crippen LogP contribution in [0.1, 0.15) is 12.8 Å². The molecule has 1 fully saturated rings. The van der Waals surface area contributed by atoms with E-state index in [1.165, 1.54) is 0 Å². The van der Waals surface area contributed by atoms with Crippen molar-refractivity contribution in [1.82, 2.24) is 5.32 Å². The molecule has 0 saturated carbocycles. The highest BCUT2D eigenvalue weighted by Gasteiger charge is 2.26. The second-order valence-corrected chi connectivity index (χ2v) is 5.99. The molecule has 6 heteroatoms.